The first-order valence-electron chi connectivity index (χ1n) is 20.5. The van der Waals surface area contributed by atoms with E-state index in [4.69, 9.17) is 0 Å². The van der Waals surface area contributed by atoms with Crippen LogP contribution in [0.3, 0.4) is 0 Å². The average molecular weight is 762 g/mol. The molecule has 4 heteroatoms. The molecule has 0 atom stereocenters. The molecule has 4 nitrogen and oxygen atoms in total. The SMILES string of the molecule is N=c1c2ccccc2c2cccc3c4cc(-c5ccc6c7ccc(-c8ccc9c(c8)c8cccc%10c%11ccccc%11c(=O)n9c%108)cc7c7ccccc7c6c5)ccc4n1c23. The summed E-state index contributed by atoms with van der Waals surface area (Å²) in [5.41, 5.74) is 9.22. The predicted molar refractivity (Wildman–Crippen MR) is 251 cm³/mol. The lowest BCUT2D eigenvalue weighted by Crippen LogP contribution is -2.13. The van der Waals surface area contributed by atoms with Gasteiger partial charge >= 0.3 is 0 Å². The fourth-order valence-electron chi connectivity index (χ4n) is 10.8. The Morgan fingerprint density at radius 2 is 0.617 bits per heavy atom. The quantitative estimate of drug-likeness (QED) is 0.175. The molecule has 0 aliphatic heterocycles. The van der Waals surface area contributed by atoms with Crippen molar-refractivity contribution in [2.24, 2.45) is 0 Å². The minimum atomic E-state index is 0.0270. The molecule has 0 amide bonds. The van der Waals surface area contributed by atoms with Gasteiger partial charge in [-0.2, -0.15) is 0 Å². The highest BCUT2D eigenvalue weighted by molar-refractivity contribution is 6.27. The second kappa shape index (κ2) is 11.3. The molecule has 0 saturated carbocycles. The molecule has 10 aromatic carbocycles. The predicted octanol–water partition coefficient (Wildman–Crippen LogP) is 13.6. The van der Waals surface area contributed by atoms with E-state index >= 15 is 0 Å². The number of nitrogens with zero attached hydrogens (tertiary/aromatic N) is 2. The van der Waals surface area contributed by atoms with E-state index < -0.39 is 0 Å². The molecule has 0 unspecified atom stereocenters. The number of benzene rings is 10. The topological polar surface area (TPSA) is 49.7 Å². The highest BCUT2D eigenvalue weighted by Crippen LogP contribution is 2.42. The molecule has 0 saturated heterocycles. The van der Waals surface area contributed by atoms with Gasteiger partial charge < -0.3 is 0 Å². The van der Waals surface area contributed by atoms with Gasteiger partial charge in [-0.3, -0.25) is 19.0 Å². The maximum absolute atomic E-state index is 13.9. The zero-order chi connectivity index (χ0) is 39.4. The van der Waals surface area contributed by atoms with Crippen LogP contribution in [-0.2, 0) is 0 Å². The molecular weight excluding hydrogens is 731 g/mol. The summed E-state index contributed by atoms with van der Waals surface area (Å²) in [6, 6.07) is 65.0. The van der Waals surface area contributed by atoms with E-state index in [0.29, 0.717) is 5.49 Å². The minimum Gasteiger partial charge on any atom is -0.293 e. The van der Waals surface area contributed by atoms with Crippen molar-refractivity contribution in [3.63, 3.8) is 0 Å². The van der Waals surface area contributed by atoms with Crippen molar-refractivity contribution in [3.05, 3.63) is 198 Å². The minimum absolute atomic E-state index is 0.0270. The van der Waals surface area contributed by atoms with E-state index in [0.717, 1.165) is 87.4 Å². The summed E-state index contributed by atoms with van der Waals surface area (Å²) in [4.78, 5) is 13.9. The highest BCUT2D eigenvalue weighted by Gasteiger charge is 2.19. The van der Waals surface area contributed by atoms with Gasteiger partial charge in [0.05, 0.1) is 22.1 Å². The standard InChI is InChI=1S/C56H31N3O/c57-55-45-13-5-3-11-37(45)41-15-7-17-43-49-29-33(21-25-51(49)58(55)53(41)43)31-19-23-39-40-24-20-32(28-48(40)36-10-2-1-9-35(36)47(39)27-31)34-22-26-52-50(30-34)44-18-8-16-42-38-12-4-6-14-46(38)56(60)59(52)54(42)44/h1-30,57H. The number of nitrogens with one attached hydrogen (secondary N) is 1. The van der Waals surface area contributed by atoms with E-state index in [1.165, 1.54) is 43.1 Å². The van der Waals surface area contributed by atoms with Crippen LogP contribution >= 0.6 is 0 Å². The molecular formula is C56H31N3O. The Balaban J connectivity index is 0.946. The zero-order valence-electron chi connectivity index (χ0n) is 32.1. The van der Waals surface area contributed by atoms with E-state index in [2.05, 4.69) is 162 Å². The lowest BCUT2D eigenvalue weighted by Gasteiger charge is -2.14. The summed E-state index contributed by atoms with van der Waals surface area (Å²) in [7, 11) is 0. The molecule has 1 N–H and O–H groups in total. The molecule has 0 fully saturated rings. The molecule has 4 heterocycles. The lowest BCUT2D eigenvalue weighted by atomic mass is 9.90. The van der Waals surface area contributed by atoms with Crippen LogP contribution in [0.2, 0.25) is 0 Å². The van der Waals surface area contributed by atoms with Crippen molar-refractivity contribution in [2.45, 2.75) is 0 Å². The summed E-state index contributed by atoms with van der Waals surface area (Å²) < 4.78 is 4.04. The number of aromatic nitrogens is 2. The monoisotopic (exact) mass is 761 g/mol. The van der Waals surface area contributed by atoms with Gasteiger partial charge in [0.25, 0.3) is 5.56 Å². The van der Waals surface area contributed by atoms with Crippen LogP contribution in [0.1, 0.15) is 0 Å². The first-order valence-corrected chi connectivity index (χ1v) is 20.5. The van der Waals surface area contributed by atoms with E-state index in [9.17, 15) is 10.2 Å². The Morgan fingerprint density at radius 1 is 0.283 bits per heavy atom. The Bertz CT molecular complexity index is 4040. The summed E-state index contributed by atoms with van der Waals surface area (Å²) >= 11 is 0. The number of hydrogen-bond donors (Lipinski definition) is 1. The Labute approximate surface area is 341 Å². The average Bonchev–Trinajstić information content (AvgIpc) is 3.83. The van der Waals surface area contributed by atoms with Gasteiger partial charge in [-0.25, -0.2) is 0 Å². The number of para-hydroxylation sites is 2. The van der Waals surface area contributed by atoms with Crippen LogP contribution in [0.4, 0.5) is 0 Å². The maximum atomic E-state index is 13.9. The summed E-state index contributed by atoms with van der Waals surface area (Å²) in [5, 5.41) is 27.2. The fraction of sp³-hybridized carbons (Fsp3) is 0. The molecule has 0 spiro atoms. The van der Waals surface area contributed by atoms with Crippen LogP contribution in [-0.4, -0.2) is 8.80 Å². The Kier molecular flexibility index (Phi) is 6.02. The maximum Gasteiger partial charge on any atom is 0.263 e. The smallest absolute Gasteiger partial charge is 0.263 e. The first-order chi connectivity index (χ1) is 29.6. The summed E-state index contributed by atoms with van der Waals surface area (Å²) in [6.45, 7) is 0. The van der Waals surface area contributed by atoms with Crippen molar-refractivity contribution in [3.8, 4) is 22.3 Å². The number of pyridine rings is 2. The summed E-state index contributed by atoms with van der Waals surface area (Å²) in [6.07, 6.45) is 0. The molecule has 0 bridgehead atoms. The van der Waals surface area contributed by atoms with Gasteiger partial charge in [-0.05, 0) is 108 Å². The zero-order valence-corrected chi connectivity index (χ0v) is 32.1. The summed E-state index contributed by atoms with van der Waals surface area (Å²) in [5.74, 6) is 0. The Hall–Kier alpha value is -8.08. The molecule has 14 aromatic rings. The van der Waals surface area contributed by atoms with E-state index in [1.54, 1.807) is 0 Å². The van der Waals surface area contributed by atoms with Crippen molar-refractivity contribution in [2.75, 3.05) is 0 Å². The second-order valence-electron chi connectivity index (χ2n) is 16.3. The van der Waals surface area contributed by atoms with Crippen molar-refractivity contribution in [1.82, 2.24) is 8.80 Å². The first kappa shape index (κ1) is 31.9. The molecule has 0 radical (unpaired) electrons. The van der Waals surface area contributed by atoms with Gasteiger partial charge in [0.1, 0.15) is 5.49 Å². The molecule has 276 valence electrons. The molecule has 4 aromatic heterocycles. The normalized spacial score (nSPS) is 12.5. The van der Waals surface area contributed by atoms with Crippen molar-refractivity contribution in [1.29, 1.82) is 5.41 Å². The van der Waals surface area contributed by atoms with Crippen LogP contribution in [0.15, 0.2) is 187 Å². The van der Waals surface area contributed by atoms with Crippen molar-refractivity contribution >= 4 is 108 Å². The third-order valence-corrected chi connectivity index (χ3v) is 13.4. The van der Waals surface area contributed by atoms with Gasteiger partial charge in [0.15, 0.2) is 0 Å². The third-order valence-electron chi connectivity index (χ3n) is 13.4. The van der Waals surface area contributed by atoms with Gasteiger partial charge in [-0.15, -0.1) is 0 Å². The van der Waals surface area contributed by atoms with Crippen molar-refractivity contribution < 1.29 is 0 Å². The van der Waals surface area contributed by atoms with Crippen LogP contribution in [0.25, 0.3) is 131 Å². The van der Waals surface area contributed by atoms with Gasteiger partial charge in [0.2, 0.25) is 0 Å². The van der Waals surface area contributed by atoms with Crippen LogP contribution < -0.4 is 11.0 Å². The molecule has 0 aliphatic rings. The van der Waals surface area contributed by atoms with Gasteiger partial charge in [0, 0.05) is 43.1 Å². The van der Waals surface area contributed by atoms with E-state index in [-0.39, 0.29) is 5.56 Å². The molecule has 0 aliphatic carbocycles. The highest BCUT2D eigenvalue weighted by atomic mass is 16.1. The fourth-order valence-corrected chi connectivity index (χ4v) is 10.8. The lowest BCUT2D eigenvalue weighted by molar-refractivity contribution is 1.08. The second-order valence-corrected chi connectivity index (χ2v) is 16.3. The number of hydrogen-bond acceptors (Lipinski definition) is 2. The van der Waals surface area contributed by atoms with Gasteiger partial charge in [-0.1, -0.05) is 140 Å². The van der Waals surface area contributed by atoms with Crippen LogP contribution in [0.5, 0.6) is 0 Å². The van der Waals surface area contributed by atoms with Crippen LogP contribution in [0, 0.1) is 5.41 Å². The van der Waals surface area contributed by atoms with E-state index in [1.807, 2.05) is 28.7 Å². The number of rotatable bonds is 2. The Morgan fingerprint density at radius 3 is 1.13 bits per heavy atom. The molecule has 60 heavy (non-hydrogen) atoms. The largest absolute Gasteiger partial charge is 0.293 e. The third kappa shape index (κ3) is 4.00. The number of fused-ring (bicyclic) bond motifs is 16. The molecule has 14 rings (SSSR count).